The van der Waals surface area contributed by atoms with Crippen molar-refractivity contribution < 1.29 is 13.2 Å². The number of urea groups is 1. The Bertz CT molecular complexity index is 792. The Hall–Kier alpha value is -2.45. The number of benzene rings is 1. The number of primary sulfonamides is 1. The summed E-state index contributed by atoms with van der Waals surface area (Å²) in [6.45, 7) is 3.64. The van der Waals surface area contributed by atoms with Crippen LogP contribution in [0.2, 0.25) is 0 Å². The number of sulfonamides is 1. The summed E-state index contributed by atoms with van der Waals surface area (Å²) >= 11 is 0. The van der Waals surface area contributed by atoms with Crippen molar-refractivity contribution in [1.29, 1.82) is 0 Å². The lowest BCUT2D eigenvalue weighted by atomic mass is 10.1. The fourth-order valence-corrected chi connectivity index (χ4v) is 2.69. The van der Waals surface area contributed by atoms with E-state index in [0.717, 1.165) is 11.3 Å². The molecule has 2 aromatic rings. The molecule has 2 rings (SSSR count). The molecule has 0 spiro atoms. The third kappa shape index (κ3) is 4.77. The topological polar surface area (TPSA) is 114 Å². The molecular formula is C16H20N4O3S. The van der Waals surface area contributed by atoms with Gasteiger partial charge < -0.3 is 10.6 Å². The van der Waals surface area contributed by atoms with Gasteiger partial charge in [-0.25, -0.2) is 18.4 Å². The van der Waals surface area contributed by atoms with E-state index in [1.54, 1.807) is 25.3 Å². The van der Waals surface area contributed by atoms with Gasteiger partial charge >= 0.3 is 6.03 Å². The van der Waals surface area contributed by atoms with Crippen LogP contribution in [-0.2, 0) is 10.0 Å². The molecule has 0 radical (unpaired) electrons. The molecule has 128 valence electrons. The van der Waals surface area contributed by atoms with Crippen molar-refractivity contribution in [2.75, 3.05) is 0 Å². The number of rotatable bonds is 5. The van der Waals surface area contributed by atoms with Crippen molar-refractivity contribution in [1.82, 2.24) is 15.6 Å². The highest BCUT2D eigenvalue weighted by Gasteiger charge is 2.14. The summed E-state index contributed by atoms with van der Waals surface area (Å²) in [6.07, 6.45) is 1.67. The van der Waals surface area contributed by atoms with Crippen molar-refractivity contribution in [2.24, 2.45) is 5.14 Å². The Labute approximate surface area is 141 Å². The normalized spacial score (nSPS) is 13.8. The molecule has 0 fully saturated rings. The van der Waals surface area contributed by atoms with Crippen molar-refractivity contribution in [3.8, 4) is 0 Å². The predicted octanol–water partition coefficient (Wildman–Crippen LogP) is 1.85. The smallest absolute Gasteiger partial charge is 0.315 e. The lowest BCUT2D eigenvalue weighted by Crippen LogP contribution is -2.38. The van der Waals surface area contributed by atoms with Gasteiger partial charge in [-0.2, -0.15) is 0 Å². The standard InChI is InChI=1S/C16H20N4O3S/c1-11(13-6-8-14(9-7-13)24(17,22)23)19-16(21)20-12(2)15-5-3-4-10-18-15/h3-12H,1-2H3,(H2,17,22,23)(H2,19,20,21). The number of nitrogens with one attached hydrogen (secondary N) is 2. The summed E-state index contributed by atoms with van der Waals surface area (Å²) in [6, 6.07) is 10.7. The quantitative estimate of drug-likeness (QED) is 0.765. The van der Waals surface area contributed by atoms with Crippen LogP contribution in [0, 0.1) is 0 Å². The van der Waals surface area contributed by atoms with Crippen LogP contribution in [0.1, 0.15) is 37.2 Å². The van der Waals surface area contributed by atoms with Gasteiger partial charge in [0.15, 0.2) is 0 Å². The van der Waals surface area contributed by atoms with Gasteiger partial charge in [-0.1, -0.05) is 18.2 Å². The van der Waals surface area contributed by atoms with Gasteiger partial charge in [0.05, 0.1) is 22.7 Å². The van der Waals surface area contributed by atoms with Crippen LogP contribution < -0.4 is 15.8 Å². The number of aromatic nitrogens is 1. The summed E-state index contributed by atoms with van der Waals surface area (Å²) in [5.41, 5.74) is 1.53. The first-order valence-electron chi connectivity index (χ1n) is 7.38. The Morgan fingerprint density at radius 3 is 2.21 bits per heavy atom. The average Bonchev–Trinajstić information content (AvgIpc) is 2.54. The summed E-state index contributed by atoms with van der Waals surface area (Å²) in [4.78, 5) is 16.3. The molecule has 4 N–H and O–H groups in total. The van der Waals surface area contributed by atoms with Crippen LogP contribution in [0.5, 0.6) is 0 Å². The van der Waals surface area contributed by atoms with Gasteiger partial charge in [0, 0.05) is 6.20 Å². The van der Waals surface area contributed by atoms with Gasteiger partial charge in [-0.15, -0.1) is 0 Å². The van der Waals surface area contributed by atoms with Crippen molar-refractivity contribution >= 4 is 16.1 Å². The molecule has 0 saturated heterocycles. The number of carbonyl (C=O) groups is 1. The zero-order chi connectivity index (χ0) is 17.7. The Morgan fingerprint density at radius 2 is 1.67 bits per heavy atom. The number of nitrogens with two attached hydrogens (primary N) is 1. The van der Waals surface area contributed by atoms with Crippen molar-refractivity contribution in [2.45, 2.75) is 30.8 Å². The summed E-state index contributed by atoms with van der Waals surface area (Å²) < 4.78 is 22.5. The van der Waals surface area contributed by atoms with E-state index < -0.39 is 10.0 Å². The molecule has 7 nitrogen and oxygen atoms in total. The fraction of sp³-hybridized carbons (Fsp3) is 0.250. The minimum absolute atomic E-state index is 0.0340. The Morgan fingerprint density at radius 1 is 1.04 bits per heavy atom. The van der Waals surface area contributed by atoms with Crippen LogP contribution in [0.25, 0.3) is 0 Å². The predicted molar refractivity (Wildman–Crippen MR) is 90.5 cm³/mol. The van der Waals surface area contributed by atoms with Crippen molar-refractivity contribution in [3.05, 3.63) is 59.9 Å². The molecule has 2 unspecified atom stereocenters. The number of amides is 2. The highest BCUT2D eigenvalue weighted by molar-refractivity contribution is 7.89. The highest BCUT2D eigenvalue weighted by atomic mass is 32.2. The van der Waals surface area contributed by atoms with E-state index >= 15 is 0 Å². The number of hydrogen-bond donors (Lipinski definition) is 3. The summed E-state index contributed by atoms with van der Waals surface area (Å²) in [5.74, 6) is 0. The lowest BCUT2D eigenvalue weighted by Gasteiger charge is -2.18. The van der Waals surface area contributed by atoms with Crippen LogP contribution in [0.15, 0.2) is 53.6 Å². The zero-order valence-electron chi connectivity index (χ0n) is 13.4. The number of pyridine rings is 1. The third-order valence-electron chi connectivity index (χ3n) is 3.54. The molecule has 1 aromatic carbocycles. The molecule has 2 amide bonds. The second-order valence-electron chi connectivity index (χ2n) is 5.43. The largest absolute Gasteiger partial charge is 0.332 e. The van der Waals surface area contributed by atoms with E-state index in [-0.39, 0.29) is 23.0 Å². The monoisotopic (exact) mass is 348 g/mol. The van der Waals surface area contributed by atoms with Gasteiger partial charge in [0.1, 0.15) is 0 Å². The van der Waals surface area contributed by atoms with Crippen molar-refractivity contribution in [3.63, 3.8) is 0 Å². The summed E-state index contributed by atoms with van der Waals surface area (Å²) in [5, 5.41) is 10.7. The van der Waals surface area contributed by atoms with E-state index in [1.165, 1.54) is 12.1 Å². The number of hydrogen-bond acceptors (Lipinski definition) is 4. The lowest BCUT2D eigenvalue weighted by molar-refractivity contribution is 0.234. The fourth-order valence-electron chi connectivity index (χ4n) is 2.17. The second-order valence-corrected chi connectivity index (χ2v) is 6.99. The molecule has 0 saturated carbocycles. The van der Waals surface area contributed by atoms with Crippen LogP contribution in [0.4, 0.5) is 4.79 Å². The van der Waals surface area contributed by atoms with E-state index in [0.29, 0.717) is 0 Å². The van der Waals surface area contributed by atoms with E-state index in [1.807, 2.05) is 25.1 Å². The van der Waals surface area contributed by atoms with Gasteiger partial charge in [-0.05, 0) is 43.7 Å². The van der Waals surface area contributed by atoms with Gasteiger partial charge in [0.25, 0.3) is 0 Å². The first-order chi connectivity index (χ1) is 11.3. The van der Waals surface area contributed by atoms with Gasteiger partial charge in [-0.3, -0.25) is 4.98 Å². The van der Waals surface area contributed by atoms with Crippen LogP contribution in [0.3, 0.4) is 0 Å². The number of nitrogens with zero attached hydrogens (tertiary/aromatic N) is 1. The first kappa shape index (κ1) is 17.9. The van der Waals surface area contributed by atoms with Gasteiger partial charge in [0.2, 0.25) is 10.0 Å². The minimum atomic E-state index is -3.72. The molecular weight excluding hydrogens is 328 g/mol. The van der Waals surface area contributed by atoms with E-state index in [2.05, 4.69) is 15.6 Å². The van der Waals surface area contributed by atoms with E-state index in [4.69, 9.17) is 5.14 Å². The van der Waals surface area contributed by atoms with Crippen LogP contribution >= 0.6 is 0 Å². The first-order valence-corrected chi connectivity index (χ1v) is 8.92. The second kappa shape index (κ2) is 7.41. The molecule has 1 heterocycles. The zero-order valence-corrected chi connectivity index (χ0v) is 14.2. The SMILES string of the molecule is CC(NC(=O)NC(C)c1ccccn1)c1ccc(S(N)(=O)=O)cc1. The number of carbonyl (C=O) groups excluding carboxylic acids is 1. The molecule has 0 bridgehead atoms. The highest BCUT2D eigenvalue weighted by Crippen LogP contribution is 2.16. The molecule has 0 aliphatic carbocycles. The average molecular weight is 348 g/mol. The molecule has 8 heteroatoms. The Kier molecular flexibility index (Phi) is 5.53. The van der Waals surface area contributed by atoms with E-state index in [9.17, 15) is 13.2 Å². The molecule has 0 aliphatic heterocycles. The Balaban J connectivity index is 1.96. The maximum absolute atomic E-state index is 12.1. The molecule has 1 aromatic heterocycles. The maximum Gasteiger partial charge on any atom is 0.315 e. The van der Waals surface area contributed by atoms with Crippen LogP contribution in [-0.4, -0.2) is 19.4 Å². The summed E-state index contributed by atoms with van der Waals surface area (Å²) in [7, 11) is -3.72. The maximum atomic E-state index is 12.1. The molecule has 24 heavy (non-hydrogen) atoms. The molecule has 0 aliphatic rings. The third-order valence-corrected chi connectivity index (χ3v) is 4.46. The molecule has 2 atom stereocenters. The minimum Gasteiger partial charge on any atom is -0.332 e.